The van der Waals surface area contributed by atoms with Gasteiger partial charge in [0.05, 0.1) is 18.1 Å². The van der Waals surface area contributed by atoms with Crippen molar-refractivity contribution < 1.29 is 4.79 Å². The highest BCUT2D eigenvalue weighted by Gasteiger charge is 2.07. The third kappa shape index (κ3) is 3.82. The third-order valence-electron chi connectivity index (χ3n) is 3.28. The summed E-state index contributed by atoms with van der Waals surface area (Å²) >= 11 is 11.7. The number of rotatable bonds is 4. The molecule has 5 nitrogen and oxygen atoms in total. The van der Waals surface area contributed by atoms with Gasteiger partial charge in [-0.15, -0.1) is 0 Å². The molecule has 0 atom stereocenters. The van der Waals surface area contributed by atoms with E-state index in [0.717, 1.165) is 16.8 Å². The second kappa shape index (κ2) is 7.29. The summed E-state index contributed by atoms with van der Waals surface area (Å²) in [6, 6.07) is 13.9. The van der Waals surface area contributed by atoms with Crippen molar-refractivity contribution in [2.24, 2.45) is 5.10 Å². The number of halogens is 2. The minimum atomic E-state index is -0.320. The molecule has 3 aromatic rings. The maximum atomic E-state index is 12.0. The molecule has 0 aliphatic heterocycles. The standard InChI is InChI=1S/C17H12Cl2N4O/c18-14-5-1-11(2-6-14)16-13(9-20-22-16)10-21-23-17(24)12-3-7-15(19)8-4-12/h1-10H,(H,20,22)(H,23,24). The molecule has 2 aromatic carbocycles. The van der Waals surface area contributed by atoms with Crippen LogP contribution in [-0.4, -0.2) is 22.3 Å². The van der Waals surface area contributed by atoms with Gasteiger partial charge in [0.2, 0.25) is 0 Å². The predicted octanol–water partition coefficient (Wildman–Crippen LogP) is 4.15. The predicted molar refractivity (Wildman–Crippen MR) is 95.5 cm³/mol. The molecule has 1 aromatic heterocycles. The number of benzene rings is 2. The molecule has 2 N–H and O–H groups in total. The van der Waals surface area contributed by atoms with E-state index >= 15 is 0 Å². The SMILES string of the molecule is O=C(NN=Cc1cn[nH]c1-c1ccc(Cl)cc1)c1ccc(Cl)cc1. The van der Waals surface area contributed by atoms with Crippen LogP contribution in [0.3, 0.4) is 0 Å². The van der Waals surface area contributed by atoms with Gasteiger partial charge >= 0.3 is 0 Å². The van der Waals surface area contributed by atoms with Crippen molar-refractivity contribution in [3.8, 4) is 11.3 Å². The average Bonchev–Trinajstić information content (AvgIpc) is 3.04. The summed E-state index contributed by atoms with van der Waals surface area (Å²) in [5.74, 6) is -0.320. The van der Waals surface area contributed by atoms with E-state index < -0.39 is 0 Å². The summed E-state index contributed by atoms with van der Waals surface area (Å²) < 4.78 is 0. The van der Waals surface area contributed by atoms with E-state index in [-0.39, 0.29) is 5.91 Å². The molecule has 0 aliphatic rings. The topological polar surface area (TPSA) is 70.1 Å². The smallest absolute Gasteiger partial charge is 0.271 e. The van der Waals surface area contributed by atoms with Gasteiger partial charge in [0, 0.05) is 26.7 Å². The van der Waals surface area contributed by atoms with Crippen molar-refractivity contribution in [3.05, 3.63) is 75.9 Å². The molecule has 0 saturated carbocycles. The zero-order valence-electron chi connectivity index (χ0n) is 12.3. The molecule has 0 unspecified atom stereocenters. The molecule has 0 aliphatic carbocycles. The van der Waals surface area contributed by atoms with Crippen molar-refractivity contribution in [2.45, 2.75) is 0 Å². The van der Waals surface area contributed by atoms with Crippen LogP contribution in [0, 0.1) is 0 Å². The van der Waals surface area contributed by atoms with Crippen molar-refractivity contribution in [3.63, 3.8) is 0 Å². The van der Waals surface area contributed by atoms with E-state index in [2.05, 4.69) is 20.7 Å². The maximum absolute atomic E-state index is 12.0. The second-order valence-electron chi connectivity index (χ2n) is 4.91. The van der Waals surface area contributed by atoms with E-state index in [0.29, 0.717) is 15.6 Å². The van der Waals surface area contributed by atoms with E-state index in [1.807, 2.05) is 12.1 Å². The third-order valence-corrected chi connectivity index (χ3v) is 3.78. The number of H-pyrrole nitrogens is 1. The largest absolute Gasteiger partial charge is 0.277 e. The number of carbonyl (C=O) groups excluding carboxylic acids is 1. The van der Waals surface area contributed by atoms with Crippen molar-refractivity contribution in [1.82, 2.24) is 15.6 Å². The molecular formula is C17H12Cl2N4O. The highest BCUT2D eigenvalue weighted by Crippen LogP contribution is 2.21. The first kappa shape index (κ1) is 16.2. The summed E-state index contributed by atoms with van der Waals surface area (Å²) in [6.07, 6.45) is 3.16. The summed E-state index contributed by atoms with van der Waals surface area (Å²) in [7, 11) is 0. The quantitative estimate of drug-likeness (QED) is 0.543. The van der Waals surface area contributed by atoms with Gasteiger partial charge in [-0.3, -0.25) is 9.89 Å². The fourth-order valence-corrected chi connectivity index (χ4v) is 2.32. The molecule has 0 radical (unpaired) electrons. The normalized spacial score (nSPS) is 10.9. The van der Waals surface area contributed by atoms with Gasteiger partial charge in [-0.25, -0.2) is 5.43 Å². The first-order valence-electron chi connectivity index (χ1n) is 7.02. The number of hydrogen-bond acceptors (Lipinski definition) is 3. The highest BCUT2D eigenvalue weighted by atomic mass is 35.5. The van der Waals surface area contributed by atoms with Gasteiger partial charge in [0.1, 0.15) is 0 Å². The molecule has 0 saturated heterocycles. The van der Waals surface area contributed by atoms with E-state index in [4.69, 9.17) is 23.2 Å². The number of nitrogens with one attached hydrogen (secondary N) is 2. The van der Waals surface area contributed by atoms with Gasteiger partial charge in [-0.05, 0) is 36.4 Å². The first-order chi connectivity index (χ1) is 11.6. The molecule has 3 rings (SSSR count). The molecule has 0 spiro atoms. The van der Waals surface area contributed by atoms with Crippen LogP contribution in [0.4, 0.5) is 0 Å². The van der Waals surface area contributed by atoms with Crippen LogP contribution in [0.1, 0.15) is 15.9 Å². The number of carbonyl (C=O) groups is 1. The van der Waals surface area contributed by atoms with Crippen molar-refractivity contribution in [2.75, 3.05) is 0 Å². The van der Waals surface area contributed by atoms with Gasteiger partial charge in [-0.1, -0.05) is 35.3 Å². The molecule has 7 heteroatoms. The lowest BCUT2D eigenvalue weighted by atomic mass is 10.1. The Hall–Kier alpha value is -2.63. The Morgan fingerprint density at radius 1 is 1.04 bits per heavy atom. The Labute approximate surface area is 148 Å². The minimum absolute atomic E-state index is 0.320. The first-order valence-corrected chi connectivity index (χ1v) is 7.77. The molecule has 0 fully saturated rings. The van der Waals surface area contributed by atoms with Gasteiger partial charge < -0.3 is 0 Å². The average molecular weight is 359 g/mol. The molecule has 1 amide bonds. The summed E-state index contributed by atoms with van der Waals surface area (Å²) in [4.78, 5) is 12.0. The van der Waals surface area contributed by atoms with Crippen LogP contribution in [0.25, 0.3) is 11.3 Å². The Morgan fingerprint density at radius 2 is 1.67 bits per heavy atom. The maximum Gasteiger partial charge on any atom is 0.271 e. The summed E-state index contributed by atoms with van der Waals surface area (Å²) in [5.41, 5.74) is 5.39. The number of nitrogens with zero attached hydrogens (tertiary/aromatic N) is 2. The monoisotopic (exact) mass is 358 g/mol. The number of amides is 1. The zero-order valence-corrected chi connectivity index (χ0v) is 13.8. The fourth-order valence-electron chi connectivity index (χ4n) is 2.07. The minimum Gasteiger partial charge on any atom is -0.277 e. The fraction of sp³-hybridized carbons (Fsp3) is 0. The lowest BCUT2D eigenvalue weighted by Crippen LogP contribution is -2.17. The van der Waals surface area contributed by atoms with Crippen molar-refractivity contribution >= 4 is 35.3 Å². The van der Waals surface area contributed by atoms with E-state index in [1.165, 1.54) is 6.21 Å². The Balaban J connectivity index is 1.71. The molecule has 1 heterocycles. The van der Waals surface area contributed by atoms with E-state index in [1.54, 1.807) is 42.6 Å². The second-order valence-corrected chi connectivity index (χ2v) is 5.79. The number of aromatic nitrogens is 2. The van der Waals surface area contributed by atoms with Crippen LogP contribution in [0.15, 0.2) is 59.8 Å². The van der Waals surface area contributed by atoms with Gasteiger partial charge in [0.25, 0.3) is 5.91 Å². The molecule has 120 valence electrons. The Bertz CT molecular complexity index is 870. The van der Waals surface area contributed by atoms with E-state index in [9.17, 15) is 4.79 Å². The van der Waals surface area contributed by atoms with Crippen LogP contribution >= 0.6 is 23.2 Å². The van der Waals surface area contributed by atoms with Gasteiger partial charge in [-0.2, -0.15) is 10.2 Å². The molecule has 24 heavy (non-hydrogen) atoms. The lowest BCUT2D eigenvalue weighted by Gasteiger charge is -2.01. The van der Waals surface area contributed by atoms with Crippen LogP contribution in [0.5, 0.6) is 0 Å². The number of hydrogen-bond donors (Lipinski definition) is 2. The molecule has 0 bridgehead atoms. The zero-order chi connectivity index (χ0) is 16.9. The highest BCUT2D eigenvalue weighted by molar-refractivity contribution is 6.31. The number of aromatic amines is 1. The van der Waals surface area contributed by atoms with Crippen LogP contribution < -0.4 is 5.43 Å². The lowest BCUT2D eigenvalue weighted by molar-refractivity contribution is 0.0955. The van der Waals surface area contributed by atoms with Crippen LogP contribution in [0.2, 0.25) is 10.0 Å². The Kier molecular flexibility index (Phi) is 4.93. The van der Waals surface area contributed by atoms with Crippen molar-refractivity contribution in [1.29, 1.82) is 0 Å². The molecular weight excluding hydrogens is 347 g/mol. The van der Waals surface area contributed by atoms with Crippen LogP contribution in [-0.2, 0) is 0 Å². The summed E-state index contributed by atoms with van der Waals surface area (Å²) in [5, 5.41) is 12.1. The number of hydrazone groups is 1. The Morgan fingerprint density at radius 3 is 2.33 bits per heavy atom. The van der Waals surface area contributed by atoms with Gasteiger partial charge in [0.15, 0.2) is 0 Å². The summed E-state index contributed by atoms with van der Waals surface area (Å²) in [6.45, 7) is 0.